The quantitative estimate of drug-likeness (QED) is 0.507. The maximum atomic E-state index is 13.2. The van der Waals surface area contributed by atoms with Crippen molar-refractivity contribution in [2.24, 2.45) is 0 Å². The van der Waals surface area contributed by atoms with Crippen LogP contribution in [0.15, 0.2) is 78.9 Å². The topological polar surface area (TPSA) is 70.7 Å². The summed E-state index contributed by atoms with van der Waals surface area (Å²) in [6, 6.07) is 23.8. The van der Waals surface area contributed by atoms with Crippen molar-refractivity contribution in [1.82, 2.24) is 4.90 Å². The Hall–Kier alpha value is -3.64. The predicted octanol–water partition coefficient (Wildman–Crippen LogP) is 5.11. The Morgan fingerprint density at radius 3 is 2.09 bits per heavy atom. The van der Waals surface area contributed by atoms with E-state index >= 15 is 0 Å². The highest BCUT2D eigenvalue weighted by atomic mass is 16.5. The third-order valence-corrected chi connectivity index (χ3v) is 5.71. The average Bonchev–Trinajstić information content (AvgIpc) is 3.36. The van der Waals surface area contributed by atoms with E-state index in [1.165, 1.54) is 0 Å². The van der Waals surface area contributed by atoms with Crippen molar-refractivity contribution in [3.8, 4) is 5.75 Å². The fraction of sp³-hybridized carbons (Fsp3) is 0.259. The Morgan fingerprint density at radius 2 is 1.45 bits per heavy atom. The molecule has 0 radical (unpaired) electrons. The number of ether oxygens (including phenoxy) is 1. The largest absolute Gasteiger partial charge is 0.494 e. The molecule has 1 saturated heterocycles. The van der Waals surface area contributed by atoms with Crippen molar-refractivity contribution in [2.45, 2.75) is 25.8 Å². The number of likely N-dealkylation sites (tertiary alicyclic amines) is 1. The van der Waals surface area contributed by atoms with Crippen molar-refractivity contribution in [3.63, 3.8) is 0 Å². The highest BCUT2D eigenvalue weighted by molar-refractivity contribution is 6.04. The lowest BCUT2D eigenvalue weighted by Gasteiger charge is -2.27. The fourth-order valence-electron chi connectivity index (χ4n) is 4.08. The number of anilines is 2. The van der Waals surface area contributed by atoms with E-state index in [2.05, 4.69) is 15.5 Å². The molecule has 1 aliphatic rings. The molecule has 4 rings (SSSR count). The molecular weight excluding hydrogens is 414 g/mol. The van der Waals surface area contributed by atoms with Gasteiger partial charge in [0.05, 0.1) is 6.61 Å². The normalized spacial score (nSPS) is 14.5. The van der Waals surface area contributed by atoms with Gasteiger partial charge in [-0.1, -0.05) is 30.3 Å². The second-order valence-corrected chi connectivity index (χ2v) is 8.03. The summed E-state index contributed by atoms with van der Waals surface area (Å²) >= 11 is 0. The molecule has 1 aliphatic heterocycles. The van der Waals surface area contributed by atoms with E-state index in [1.807, 2.05) is 49.4 Å². The summed E-state index contributed by atoms with van der Waals surface area (Å²) in [6.07, 6.45) is 2.21. The number of rotatable bonds is 8. The van der Waals surface area contributed by atoms with Crippen LogP contribution in [-0.2, 0) is 4.79 Å². The van der Waals surface area contributed by atoms with Crippen LogP contribution in [0.5, 0.6) is 5.75 Å². The lowest BCUT2D eigenvalue weighted by molar-refractivity contribution is -0.121. The minimum absolute atomic E-state index is 0.0605. The SMILES string of the molecule is CCOc1ccc(NC(=O)c2ccc(NC(=O)C(c3ccccc3)N3CCCC3)cc2)cc1. The molecule has 0 spiro atoms. The van der Waals surface area contributed by atoms with Crippen molar-refractivity contribution >= 4 is 23.2 Å². The molecular formula is C27H29N3O3. The zero-order chi connectivity index (χ0) is 23.0. The van der Waals surface area contributed by atoms with Crippen LogP contribution in [-0.4, -0.2) is 36.4 Å². The summed E-state index contributed by atoms with van der Waals surface area (Å²) in [7, 11) is 0. The molecule has 6 nitrogen and oxygen atoms in total. The second kappa shape index (κ2) is 10.8. The van der Waals surface area contributed by atoms with Gasteiger partial charge in [0, 0.05) is 16.9 Å². The van der Waals surface area contributed by atoms with E-state index in [0.29, 0.717) is 23.5 Å². The van der Waals surface area contributed by atoms with Crippen LogP contribution in [0.2, 0.25) is 0 Å². The molecule has 6 heteroatoms. The third kappa shape index (κ3) is 5.79. The minimum Gasteiger partial charge on any atom is -0.494 e. The first-order valence-electron chi connectivity index (χ1n) is 11.4. The zero-order valence-electron chi connectivity index (χ0n) is 18.8. The molecule has 2 N–H and O–H groups in total. The third-order valence-electron chi connectivity index (χ3n) is 5.71. The van der Waals surface area contributed by atoms with Gasteiger partial charge in [0.25, 0.3) is 5.91 Å². The summed E-state index contributed by atoms with van der Waals surface area (Å²) in [5, 5.41) is 5.90. The first-order chi connectivity index (χ1) is 16.1. The van der Waals surface area contributed by atoms with Crippen molar-refractivity contribution < 1.29 is 14.3 Å². The average molecular weight is 444 g/mol. The summed E-state index contributed by atoms with van der Waals surface area (Å²) in [4.78, 5) is 28.0. The molecule has 0 bridgehead atoms. The number of nitrogens with zero attached hydrogens (tertiary/aromatic N) is 1. The van der Waals surface area contributed by atoms with Crippen molar-refractivity contribution in [3.05, 3.63) is 90.0 Å². The Kier molecular flexibility index (Phi) is 7.37. The van der Waals surface area contributed by atoms with E-state index in [-0.39, 0.29) is 17.9 Å². The molecule has 3 aromatic carbocycles. The molecule has 0 aliphatic carbocycles. The lowest BCUT2D eigenvalue weighted by Crippen LogP contribution is -2.35. The predicted molar refractivity (Wildman–Crippen MR) is 131 cm³/mol. The summed E-state index contributed by atoms with van der Waals surface area (Å²) < 4.78 is 5.42. The molecule has 0 saturated carbocycles. The van der Waals surface area contributed by atoms with Gasteiger partial charge in [0.2, 0.25) is 5.91 Å². The summed E-state index contributed by atoms with van der Waals surface area (Å²) in [5.74, 6) is 0.490. The Morgan fingerprint density at radius 1 is 0.848 bits per heavy atom. The molecule has 170 valence electrons. The van der Waals surface area contributed by atoms with Crippen LogP contribution in [0, 0.1) is 0 Å². The zero-order valence-corrected chi connectivity index (χ0v) is 18.8. The summed E-state index contributed by atoms with van der Waals surface area (Å²) in [6.45, 7) is 4.35. The number of carbonyl (C=O) groups excluding carboxylic acids is 2. The number of nitrogens with one attached hydrogen (secondary N) is 2. The first kappa shape index (κ1) is 22.6. The van der Waals surface area contributed by atoms with Gasteiger partial charge in [-0.15, -0.1) is 0 Å². The van der Waals surface area contributed by atoms with Crippen molar-refractivity contribution in [2.75, 3.05) is 30.3 Å². The smallest absolute Gasteiger partial charge is 0.255 e. The second-order valence-electron chi connectivity index (χ2n) is 8.03. The monoisotopic (exact) mass is 443 g/mol. The Balaban J connectivity index is 1.40. The Labute approximate surface area is 194 Å². The number of hydrogen-bond acceptors (Lipinski definition) is 4. The standard InChI is InChI=1S/C27H29N3O3/c1-2-33-24-16-14-23(15-17-24)28-26(31)21-10-12-22(13-11-21)29-27(32)25(30-18-6-7-19-30)20-8-4-3-5-9-20/h3-5,8-17,25H,2,6-7,18-19H2,1H3,(H,28,31)(H,29,32). The van der Waals surface area contributed by atoms with Gasteiger partial charge in [-0.2, -0.15) is 0 Å². The molecule has 1 heterocycles. The summed E-state index contributed by atoms with van der Waals surface area (Å²) in [5.41, 5.74) is 2.86. The van der Waals surface area contributed by atoms with Crippen LogP contribution in [0.1, 0.15) is 41.7 Å². The molecule has 33 heavy (non-hydrogen) atoms. The molecule has 1 unspecified atom stereocenters. The molecule has 3 aromatic rings. The van der Waals surface area contributed by atoms with E-state index < -0.39 is 0 Å². The van der Waals surface area contributed by atoms with Crippen LogP contribution >= 0.6 is 0 Å². The van der Waals surface area contributed by atoms with Crippen LogP contribution < -0.4 is 15.4 Å². The van der Waals surface area contributed by atoms with Gasteiger partial charge in [-0.05, 0) is 86.9 Å². The van der Waals surface area contributed by atoms with Gasteiger partial charge >= 0.3 is 0 Å². The van der Waals surface area contributed by atoms with E-state index in [1.54, 1.807) is 36.4 Å². The Bertz CT molecular complexity index is 1060. The first-order valence-corrected chi connectivity index (χ1v) is 11.4. The van der Waals surface area contributed by atoms with Gasteiger partial charge in [-0.3, -0.25) is 14.5 Å². The van der Waals surface area contributed by atoms with Gasteiger partial charge in [0.15, 0.2) is 0 Å². The highest BCUT2D eigenvalue weighted by Gasteiger charge is 2.29. The number of carbonyl (C=O) groups is 2. The molecule has 1 atom stereocenters. The van der Waals surface area contributed by atoms with E-state index in [0.717, 1.165) is 37.2 Å². The minimum atomic E-state index is -0.323. The molecule has 2 amide bonds. The van der Waals surface area contributed by atoms with Crippen LogP contribution in [0.3, 0.4) is 0 Å². The van der Waals surface area contributed by atoms with Gasteiger partial charge in [0.1, 0.15) is 11.8 Å². The highest BCUT2D eigenvalue weighted by Crippen LogP contribution is 2.27. The van der Waals surface area contributed by atoms with E-state index in [9.17, 15) is 9.59 Å². The maximum absolute atomic E-state index is 13.2. The fourth-order valence-corrected chi connectivity index (χ4v) is 4.08. The number of hydrogen-bond donors (Lipinski definition) is 2. The number of amides is 2. The lowest BCUT2D eigenvalue weighted by atomic mass is 10.0. The van der Waals surface area contributed by atoms with Crippen LogP contribution in [0.4, 0.5) is 11.4 Å². The molecule has 1 fully saturated rings. The van der Waals surface area contributed by atoms with Crippen LogP contribution in [0.25, 0.3) is 0 Å². The van der Waals surface area contributed by atoms with Crippen molar-refractivity contribution in [1.29, 1.82) is 0 Å². The molecule has 0 aromatic heterocycles. The number of benzene rings is 3. The van der Waals surface area contributed by atoms with E-state index in [4.69, 9.17) is 4.74 Å². The van der Waals surface area contributed by atoms with Gasteiger partial charge in [-0.25, -0.2) is 0 Å². The van der Waals surface area contributed by atoms with Gasteiger partial charge < -0.3 is 15.4 Å². The maximum Gasteiger partial charge on any atom is 0.255 e.